The van der Waals surface area contributed by atoms with Gasteiger partial charge in [-0.2, -0.15) is 0 Å². The monoisotopic (exact) mass is 158 g/mol. The summed E-state index contributed by atoms with van der Waals surface area (Å²) in [6.45, 7) is 0. The Morgan fingerprint density at radius 3 is 2.92 bits per heavy atom. The van der Waals surface area contributed by atoms with Gasteiger partial charge in [0.1, 0.15) is 0 Å². The number of carbonyl (C=O) groups is 1. The molecule has 0 saturated heterocycles. The molecule has 0 bridgehead atoms. The Labute approximate surface area is 70.2 Å². The molecular weight excluding hydrogens is 152 g/mol. The van der Waals surface area contributed by atoms with E-state index in [4.69, 9.17) is 11.2 Å². The van der Waals surface area contributed by atoms with Gasteiger partial charge in [0.15, 0.2) is 6.10 Å². The van der Waals surface area contributed by atoms with Crippen LogP contribution in [0.3, 0.4) is 0 Å². The summed E-state index contributed by atoms with van der Waals surface area (Å²) in [5.41, 5.74) is 1.38. The highest BCUT2D eigenvalue weighted by atomic mass is 16.5. The van der Waals surface area contributed by atoms with E-state index in [1.807, 2.05) is 12.1 Å². The van der Waals surface area contributed by atoms with Crippen LogP contribution in [-0.2, 0) is 4.74 Å². The molecule has 1 aromatic carbocycles. The second-order valence-electron chi connectivity index (χ2n) is 2.54. The van der Waals surface area contributed by atoms with E-state index in [2.05, 4.69) is 5.92 Å². The average molecular weight is 158 g/mol. The molecule has 1 heterocycles. The number of carbonyl (C=O) groups excluding carboxylic acids is 1. The quantitative estimate of drug-likeness (QED) is 0.422. The largest absolute Gasteiger partial charge is 0.441 e. The Bertz CT molecular complexity index is 374. The van der Waals surface area contributed by atoms with Crippen LogP contribution in [0.2, 0.25) is 0 Å². The number of rotatable bonds is 0. The van der Waals surface area contributed by atoms with Gasteiger partial charge in [-0.15, -0.1) is 6.42 Å². The highest BCUT2D eigenvalue weighted by molar-refractivity contribution is 5.94. The summed E-state index contributed by atoms with van der Waals surface area (Å²) in [5.74, 6) is 2.08. The fourth-order valence-corrected chi connectivity index (χ4v) is 1.27. The maximum Gasteiger partial charge on any atom is 0.340 e. The lowest BCUT2D eigenvalue weighted by Gasteiger charge is -1.99. The van der Waals surface area contributed by atoms with Crippen molar-refractivity contribution in [1.29, 1.82) is 0 Å². The SMILES string of the molecule is C#CC1OC(=O)c2ccccc21. The van der Waals surface area contributed by atoms with E-state index >= 15 is 0 Å². The predicted molar refractivity (Wildman–Crippen MR) is 43.4 cm³/mol. The van der Waals surface area contributed by atoms with Crippen LogP contribution in [0.25, 0.3) is 0 Å². The standard InChI is InChI=1S/C10H6O2/c1-2-9-7-5-3-4-6-8(7)10(11)12-9/h1,3-6,9H. The minimum absolute atomic E-state index is 0.325. The first kappa shape index (κ1) is 6.93. The van der Waals surface area contributed by atoms with E-state index in [9.17, 15) is 4.79 Å². The van der Waals surface area contributed by atoms with Crippen molar-refractivity contribution in [3.63, 3.8) is 0 Å². The number of hydrogen-bond donors (Lipinski definition) is 0. The number of fused-ring (bicyclic) bond motifs is 1. The summed E-state index contributed by atoms with van der Waals surface area (Å²) in [7, 11) is 0. The van der Waals surface area contributed by atoms with Gasteiger partial charge in [-0.1, -0.05) is 24.1 Å². The van der Waals surface area contributed by atoms with E-state index < -0.39 is 6.10 Å². The number of esters is 1. The number of ether oxygens (including phenoxy) is 1. The molecule has 0 fully saturated rings. The van der Waals surface area contributed by atoms with Gasteiger partial charge in [-0.3, -0.25) is 0 Å². The fraction of sp³-hybridized carbons (Fsp3) is 0.100. The van der Waals surface area contributed by atoms with Gasteiger partial charge in [-0.05, 0) is 6.07 Å². The zero-order valence-corrected chi connectivity index (χ0v) is 6.28. The first-order chi connectivity index (χ1) is 5.83. The van der Waals surface area contributed by atoms with Crippen LogP contribution in [0.4, 0.5) is 0 Å². The normalized spacial score (nSPS) is 19.6. The van der Waals surface area contributed by atoms with Crippen molar-refractivity contribution in [3.05, 3.63) is 35.4 Å². The Balaban J connectivity index is 2.59. The van der Waals surface area contributed by atoms with Crippen molar-refractivity contribution in [2.24, 2.45) is 0 Å². The third-order valence-electron chi connectivity index (χ3n) is 1.84. The number of hydrogen-bond acceptors (Lipinski definition) is 2. The van der Waals surface area contributed by atoms with Gasteiger partial charge in [0.05, 0.1) is 5.56 Å². The van der Waals surface area contributed by atoms with Crippen molar-refractivity contribution in [1.82, 2.24) is 0 Å². The van der Waals surface area contributed by atoms with Crippen LogP contribution >= 0.6 is 0 Å². The molecule has 0 spiro atoms. The molecule has 2 nitrogen and oxygen atoms in total. The van der Waals surface area contributed by atoms with Gasteiger partial charge in [0.2, 0.25) is 0 Å². The molecule has 1 aliphatic rings. The Kier molecular flexibility index (Phi) is 1.38. The fourth-order valence-electron chi connectivity index (χ4n) is 1.27. The Morgan fingerprint density at radius 2 is 2.17 bits per heavy atom. The molecule has 2 heteroatoms. The molecule has 0 aliphatic carbocycles. The third-order valence-corrected chi connectivity index (χ3v) is 1.84. The summed E-state index contributed by atoms with van der Waals surface area (Å²) in [4.78, 5) is 11.1. The summed E-state index contributed by atoms with van der Waals surface area (Å²) < 4.78 is 4.91. The molecule has 1 aliphatic heterocycles. The topological polar surface area (TPSA) is 26.3 Å². The highest BCUT2D eigenvalue weighted by Gasteiger charge is 2.28. The second-order valence-corrected chi connectivity index (χ2v) is 2.54. The van der Waals surface area contributed by atoms with E-state index in [1.54, 1.807) is 12.1 Å². The number of benzene rings is 1. The van der Waals surface area contributed by atoms with E-state index in [0.29, 0.717) is 5.56 Å². The first-order valence-corrected chi connectivity index (χ1v) is 3.59. The smallest absolute Gasteiger partial charge is 0.340 e. The maximum absolute atomic E-state index is 11.1. The van der Waals surface area contributed by atoms with Crippen LogP contribution in [0.5, 0.6) is 0 Å². The van der Waals surface area contributed by atoms with Crippen molar-refractivity contribution >= 4 is 5.97 Å². The van der Waals surface area contributed by atoms with Crippen LogP contribution < -0.4 is 0 Å². The minimum Gasteiger partial charge on any atom is -0.441 e. The lowest BCUT2D eigenvalue weighted by molar-refractivity contribution is 0.0481. The van der Waals surface area contributed by atoms with E-state index in [-0.39, 0.29) is 5.97 Å². The molecule has 0 N–H and O–H groups in total. The first-order valence-electron chi connectivity index (χ1n) is 3.59. The molecule has 12 heavy (non-hydrogen) atoms. The summed E-state index contributed by atoms with van der Waals surface area (Å²) >= 11 is 0. The van der Waals surface area contributed by atoms with Crippen LogP contribution in [0.1, 0.15) is 22.0 Å². The summed E-state index contributed by atoms with van der Waals surface area (Å²) in [6.07, 6.45) is 4.69. The molecule has 0 radical (unpaired) electrons. The lowest BCUT2D eigenvalue weighted by Crippen LogP contribution is -1.95. The third kappa shape index (κ3) is 0.802. The minimum atomic E-state index is -0.492. The molecule has 1 aromatic rings. The summed E-state index contributed by atoms with van der Waals surface area (Å²) in [5, 5.41) is 0. The molecule has 2 rings (SSSR count). The molecule has 1 unspecified atom stereocenters. The predicted octanol–water partition coefficient (Wildman–Crippen LogP) is 1.53. The van der Waals surface area contributed by atoms with Crippen LogP contribution in [-0.4, -0.2) is 5.97 Å². The number of terminal acetylenes is 1. The zero-order chi connectivity index (χ0) is 8.55. The average Bonchev–Trinajstić information content (AvgIpc) is 2.44. The molecule has 58 valence electrons. The van der Waals surface area contributed by atoms with Gasteiger partial charge in [-0.25, -0.2) is 4.79 Å². The van der Waals surface area contributed by atoms with Crippen molar-refractivity contribution in [3.8, 4) is 12.3 Å². The second kappa shape index (κ2) is 2.38. The molecule has 0 aromatic heterocycles. The highest BCUT2D eigenvalue weighted by Crippen LogP contribution is 2.29. The van der Waals surface area contributed by atoms with Gasteiger partial charge >= 0.3 is 5.97 Å². The zero-order valence-electron chi connectivity index (χ0n) is 6.28. The Hall–Kier alpha value is -1.75. The Morgan fingerprint density at radius 1 is 1.42 bits per heavy atom. The molecular formula is C10H6O2. The summed E-state index contributed by atoms with van der Waals surface area (Å²) in [6, 6.07) is 7.16. The maximum atomic E-state index is 11.1. The van der Waals surface area contributed by atoms with E-state index in [1.165, 1.54) is 0 Å². The lowest BCUT2D eigenvalue weighted by atomic mass is 10.1. The molecule has 1 atom stereocenters. The van der Waals surface area contributed by atoms with Crippen molar-refractivity contribution in [2.45, 2.75) is 6.10 Å². The van der Waals surface area contributed by atoms with Gasteiger partial charge < -0.3 is 4.74 Å². The van der Waals surface area contributed by atoms with Crippen LogP contribution in [0.15, 0.2) is 24.3 Å². The van der Waals surface area contributed by atoms with Crippen molar-refractivity contribution in [2.75, 3.05) is 0 Å². The van der Waals surface area contributed by atoms with Crippen LogP contribution in [0, 0.1) is 12.3 Å². The molecule has 0 amide bonds. The number of cyclic esters (lactones) is 1. The molecule has 0 saturated carbocycles. The van der Waals surface area contributed by atoms with Crippen molar-refractivity contribution < 1.29 is 9.53 Å². The van der Waals surface area contributed by atoms with E-state index in [0.717, 1.165) is 5.56 Å². The van der Waals surface area contributed by atoms with Gasteiger partial charge in [0, 0.05) is 5.56 Å². The van der Waals surface area contributed by atoms with Gasteiger partial charge in [0.25, 0.3) is 0 Å².